The maximum Gasteiger partial charge on any atom is 0.408 e. The van der Waals surface area contributed by atoms with Gasteiger partial charge in [0.05, 0.1) is 6.07 Å². The number of carbonyl (C=O) groups excluding carboxylic acids is 3. The number of phenols is 1. The number of rotatable bonds is 9. The molecule has 2 aromatic carbocycles. The van der Waals surface area contributed by atoms with Crippen molar-refractivity contribution in [1.29, 1.82) is 5.26 Å². The summed E-state index contributed by atoms with van der Waals surface area (Å²) in [5, 5.41) is 24.7. The molecule has 0 aromatic heterocycles. The van der Waals surface area contributed by atoms with Crippen LogP contribution in [-0.2, 0) is 20.7 Å². The third kappa shape index (κ3) is 8.56. The predicted octanol–water partition coefficient (Wildman–Crippen LogP) is 3.43. The van der Waals surface area contributed by atoms with E-state index in [-0.39, 0.29) is 18.2 Å². The zero-order valence-corrected chi connectivity index (χ0v) is 22.3. The van der Waals surface area contributed by atoms with Crippen LogP contribution in [0.4, 0.5) is 4.79 Å². The maximum atomic E-state index is 14.0. The summed E-state index contributed by atoms with van der Waals surface area (Å²) in [7, 11) is 0. The summed E-state index contributed by atoms with van der Waals surface area (Å²) in [6.07, 6.45) is 4.87. The lowest BCUT2D eigenvalue weighted by molar-refractivity contribution is -0.142. The summed E-state index contributed by atoms with van der Waals surface area (Å²) in [6.45, 7) is 8.17. The molecular formula is C29H34N4O5. The summed E-state index contributed by atoms with van der Waals surface area (Å²) in [5.41, 5.74) is 0.564. The molecule has 0 saturated heterocycles. The Morgan fingerprint density at radius 1 is 1.08 bits per heavy atom. The van der Waals surface area contributed by atoms with Gasteiger partial charge in [-0.3, -0.25) is 9.59 Å². The van der Waals surface area contributed by atoms with E-state index in [2.05, 4.69) is 16.6 Å². The van der Waals surface area contributed by atoms with Gasteiger partial charge < -0.3 is 25.4 Å². The highest BCUT2D eigenvalue weighted by Gasteiger charge is 2.37. The van der Waals surface area contributed by atoms with Crippen molar-refractivity contribution in [2.45, 2.75) is 64.8 Å². The number of carbonyl (C=O) groups is 3. The van der Waals surface area contributed by atoms with Crippen LogP contribution in [-0.4, -0.2) is 52.1 Å². The molecule has 9 nitrogen and oxygen atoms in total. The van der Waals surface area contributed by atoms with Gasteiger partial charge in [-0.25, -0.2) is 4.79 Å². The minimum atomic E-state index is -1.24. The van der Waals surface area contributed by atoms with Crippen LogP contribution >= 0.6 is 0 Å². The van der Waals surface area contributed by atoms with Crippen molar-refractivity contribution in [2.75, 3.05) is 6.54 Å². The highest BCUT2D eigenvalue weighted by molar-refractivity contribution is 5.93. The molecule has 3 N–H and O–H groups in total. The van der Waals surface area contributed by atoms with Gasteiger partial charge in [0.1, 0.15) is 30.0 Å². The van der Waals surface area contributed by atoms with Crippen LogP contribution in [0, 0.1) is 23.7 Å². The lowest BCUT2D eigenvalue weighted by Gasteiger charge is -2.33. The van der Waals surface area contributed by atoms with Crippen molar-refractivity contribution in [3.8, 4) is 24.2 Å². The Balaban J connectivity index is 2.59. The van der Waals surface area contributed by atoms with Gasteiger partial charge in [-0.05, 0) is 63.9 Å². The number of nitriles is 1. The minimum Gasteiger partial charge on any atom is -0.508 e. The standard InChI is InChI=1S/C29H34N4O5/c1-7-21-10-8-9-11-23(21)25(26(35)31-19(2)3)33(17-16-30)27(36)24(32-28(37)38-29(4,5)6)18-20-12-14-22(34)15-13-20/h1,8-15,19,24-25,34H,17-18H2,2-6H3,(H,31,35)(H,32,37). The zero-order valence-electron chi connectivity index (χ0n) is 22.3. The van der Waals surface area contributed by atoms with E-state index in [1.807, 2.05) is 6.07 Å². The van der Waals surface area contributed by atoms with Gasteiger partial charge in [0.2, 0.25) is 11.8 Å². The molecule has 3 amide bonds. The molecule has 0 aliphatic heterocycles. The van der Waals surface area contributed by atoms with Gasteiger partial charge in [-0.15, -0.1) is 6.42 Å². The van der Waals surface area contributed by atoms with Crippen LogP contribution in [0.1, 0.15) is 57.4 Å². The van der Waals surface area contributed by atoms with Gasteiger partial charge >= 0.3 is 6.09 Å². The summed E-state index contributed by atoms with van der Waals surface area (Å²) in [5.74, 6) is 1.38. The van der Waals surface area contributed by atoms with Crippen LogP contribution in [0.25, 0.3) is 0 Å². The number of hydrogen-bond donors (Lipinski definition) is 3. The predicted molar refractivity (Wildman–Crippen MR) is 143 cm³/mol. The molecule has 0 spiro atoms. The smallest absolute Gasteiger partial charge is 0.408 e. The van der Waals surface area contributed by atoms with Gasteiger partial charge in [-0.1, -0.05) is 36.3 Å². The number of phenolic OH excluding ortho intramolecular Hbond substituents is 1. The number of aromatic hydroxyl groups is 1. The maximum absolute atomic E-state index is 14.0. The van der Waals surface area contributed by atoms with E-state index in [0.717, 1.165) is 4.90 Å². The lowest BCUT2D eigenvalue weighted by Crippen LogP contribution is -2.54. The fraction of sp³-hybridized carbons (Fsp3) is 0.379. The lowest BCUT2D eigenvalue weighted by atomic mass is 9.96. The number of ether oxygens (including phenoxy) is 1. The van der Waals surface area contributed by atoms with E-state index in [4.69, 9.17) is 11.2 Å². The molecule has 2 unspecified atom stereocenters. The number of benzene rings is 2. The quantitative estimate of drug-likeness (QED) is 0.344. The molecule has 0 radical (unpaired) electrons. The summed E-state index contributed by atoms with van der Waals surface area (Å²) in [4.78, 5) is 41.3. The first kappa shape index (κ1) is 29.7. The fourth-order valence-electron chi connectivity index (χ4n) is 3.77. The molecule has 9 heteroatoms. The Labute approximate surface area is 223 Å². The monoisotopic (exact) mass is 518 g/mol. The van der Waals surface area contributed by atoms with Crippen molar-refractivity contribution >= 4 is 17.9 Å². The Morgan fingerprint density at radius 3 is 2.26 bits per heavy atom. The summed E-state index contributed by atoms with van der Waals surface area (Å²) >= 11 is 0. The Hall–Kier alpha value is -4.50. The number of amides is 3. The van der Waals surface area contributed by atoms with Crippen LogP contribution in [0.15, 0.2) is 48.5 Å². The van der Waals surface area contributed by atoms with E-state index in [1.165, 1.54) is 12.1 Å². The number of nitrogens with zero attached hydrogens (tertiary/aromatic N) is 2. The number of alkyl carbamates (subject to hydrolysis) is 1. The summed E-state index contributed by atoms with van der Waals surface area (Å²) < 4.78 is 5.37. The largest absolute Gasteiger partial charge is 0.508 e. The molecule has 0 aliphatic rings. The molecule has 0 aliphatic carbocycles. The SMILES string of the molecule is C#Cc1ccccc1C(C(=O)NC(C)C)N(CC#N)C(=O)C(Cc1ccc(O)cc1)NC(=O)OC(C)(C)C. The molecule has 2 aromatic rings. The highest BCUT2D eigenvalue weighted by Crippen LogP contribution is 2.26. The number of nitrogens with one attached hydrogen (secondary N) is 2. The van der Waals surface area contributed by atoms with Crippen molar-refractivity contribution < 1.29 is 24.2 Å². The number of hydrogen-bond acceptors (Lipinski definition) is 6. The van der Waals surface area contributed by atoms with Gasteiger partial charge in [0.15, 0.2) is 0 Å². The van der Waals surface area contributed by atoms with E-state index in [1.54, 1.807) is 71.0 Å². The first-order valence-corrected chi connectivity index (χ1v) is 12.2. The number of terminal acetylenes is 1. The second-order valence-electron chi connectivity index (χ2n) is 9.99. The normalized spacial score (nSPS) is 12.4. The molecule has 38 heavy (non-hydrogen) atoms. The molecule has 0 fully saturated rings. The zero-order chi connectivity index (χ0) is 28.5. The first-order chi connectivity index (χ1) is 17.9. The summed E-state index contributed by atoms with van der Waals surface area (Å²) in [6, 6.07) is 12.1. The third-order valence-corrected chi connectivity index (χ3v) is 5.29. The molecule has 200 valence electrons. The van der Waals surface area contributed by atoms with Gasteiger partial charge in [-0.2, -0.15) is 5.26 Å². The van der Waals surface area contributed by atoms with Crippen molar-refractivity contribution in [3.63, 3.8) is 0 Å². The highest BCUT2D eigenvalue weighted by atomic mass is 16.6. The van der Waals surface area contributed by atoms with E-state index in [0.29, 0.717) is 16.7 Å². The fourth-order valence-corrected chi connectivity index (χ4v) is 3.77. The van der Waals surface area contributed by atoms with E-state index < -0.39 is 42.1 Å². The van der Waals surface area contributed by atoms with Crippen LogP contribution in [0.2, 0.25) is 0 Å². The molecule has 2 atom stereocenters. The average Bonchev–Trinajstić information content (AvgIpc) is 2.83. The third-order valence-electron chi connectivity index (χ3n) is 5.29. The van der Waals surface area contributed by atoms with E-state index in [9.17, 15) is 24.8 Å². The molecule has 0 heterocycles. The second-order valence-corrected chi connectivity index (χ2v) is 9.99. The van der Waals surface area contributed by atoms with Gasteiger partial charge in [0.25, 0.3) is 0 Å². The van der Waals surface area contributed by atoms with E-state index >= 15 is 0 Å². The Bertz CT molecular complexity index is 1220. The van der Waals surface area contributed by atoms with Gasteiger partial charge in [0, 0.05) is 18.0 Å². The minimum absolute atomic E-state index is 0.00951. The molecule has 2 rings (SSSR count). The first-order valence-electron chi connectivity index (χ1n) is 12.2. The second kappa shape index (κ2) is 13.2. The van der Waals surface area contributed by atoms with Crippen molar-refractivity contribution in [1.82, 2.24) is 15.5 Å². The molecule has 0 bridgehead atoms. The van der Waals surface area contributed by atoms with Crippen molar-refractivity contribution in [2.24, 2.45) is 0 Å². The van der Waals surface area contributed by atoms with Crippen LogP contribution in [0.3, 0.4) is 0 Å². The topological polar surface area (TPSA) is 132 Å². The van der Waals surface area contributed by atoms with Crippen molar-refractivity contribution in [3.05, 3.63) is 65.2 Å². The average molecular weight is 519 g/mol. The van der Waals surface area contributed by atoms with Crippen LogP contribution in [0.5, 0.6) is 5.75 Å². The van der Waals surface area contributed by atoms with Crippen LogP contribution < -0.4 is 10.6 Å². The molecular weight excluding hydrogens is 484 g/mol. The Kier molecular flexibility index (Phi) is 10.3. The Morgan fingerprint density at radius 2 is 1.71 bits per heavy atom. The molecule has 0 saturated carbocycles.